The second-order valence-electron chi connectivity index (χ2n) is 4.97. The van der Waals surface area contributed by atoms with E-state index in [1.54, 1.807) is 6.33 Å². The van der Waals surface area contributed by atoms with Crippen LogP contribution in [-0.2, 0) is 6.54 Å². The van der Waals surface area contributed by atoms with Crippen LogP contribution in [0.5, 0.6) is 0 Å². The maximum absolute atomic E-state index is 4.33. The zero-order valence-electron chi connectivity index (χ0n) is 11.9. The molecular weight excluding hydrogens is 236 g/mol. The highest BCUT2D eigenvalue weighted by atomic mass is 15.4. The van der Waals surface area contributed by atoms with Gasteiger partial charge in [-0.2, -0.15) is 5.10 Å². The van der Waals surface area contributed by atoms with Gasteiger partial charge in [-0.15, -0.1) is 0 Å². The summed E-state index contributed by atoms with van der Waals surface area (Å²) < 4.78 is 1.96. The number of aromatic nitrogens is 3. The van der Waals surface area contributed by atoms with Crippen LogP contribution in [0.1, 0.15) is 50.7 Å². The molecule has 1 aromatic heterocycles. The molecule has 1 unspecified atom stereocenters. The molecule has 2 aromatic rings. The zero-order valence-corrected chi connectivity index (χ0v) is 11.9. The van der Waals surface area contributed by atoms with Gasteiger partial charge >= 0.3 is 0 Å². The molecule has 0 saturated heterocycles. The first kappa shape index (κ1) is 13.7. The maximum atomic E-state index is 4.33. The lowest BCUT2D eigenvalue weighted by molar-refractivity contribution is 0.458. The molecule has 1 heterocycles. The van der Waals surface area contributed by atoms with Crippen molar-refractivity contribution in [2.24, 2.45) is 0 Å². The topological polar surface area (TPSA) is 42.7 Å². The largest absolute Gasteiger partial charge is 0.303 e. The molecule has 4 heteroatoms. The first-order valence-electron chi connectivity index (χ1n) is 6.89. The van der Waals surface area contributed by atoms with Crippen LogP contribution in [-0.4, -0.2) is 14.8 Å². The third-order valence-corrected chi connectivity index (χ3v) is 3.25. The Morgan fingerprint density at radius 3 is 2.58 bits per heavy atom. The van der Waals surface area contributed by atoms with Crippen LogP contribution in [0.3, 0.4) is 0 Å². The van der Waals surface area contributed by atoms with Gasteiger partial charge in [-0.1, -0.05) is 37.3 Å². The van der Waals surface area contributed by atoms with Crippen molar-refractivity contribution in [1.82, 2.24) is 20.1 Å². The van der Waals surface area contributed by atoms with E-state index in [9.17, 15) is 0 Å². The third kappa shape index (κ3) is 3.41. The molecule has 102 valence electrons. The molecule has 2 rings (SSSR count). The Morgan fingerprint density at radius 1 is 1.21 bits per heavy atom. The normalized spacial score (nSPS) is 12.8. The highest BCUT2D eigenvalue weighted by molar-refractivity contribution is 5.18. The van der Waals surface area contributed by atoms with E-state index in [-0.39, 0.29) is 0 Å². The average molecular weight is 258 g/mol. The molecule has 0 aliphatic carbocycles. The van der Waals surface area contributed by atoms with Gasteiger partial charge in [0, 0.05) is 12.1 Å². The van der Waals surface area contributed by atoms with Crippen molar-refractivity contribution in [2.45, 2.75) is 45.8 Å². The molecule has 0 radical (unpaired) electrons. The van der Waals surface area contributed by atoms with Crippen molar-refractivity contribution >= 4 is 0 Å². The van der Waals surface area contributed by atoms with Gasteiger partial charge in [0.1, 0.15) is 12.2 Å². The molecule has 0 spiro atoms. The molecule has 1 N–H and O–H groups in total. The van der Waals surface area contributed by atoms with E-state index in [1.165, 1.54) is 5.56 Å². The van der Waals surface area contributed by atoms with Crippen LogP contribution in [0.2, 0.25) is 0 Å². The predicted octanol–water partition coefficient (Wildman–Crippen LogP) is 3.10. The van der Waals surface area contributed by atoms with Gasteiger partial charge in [0.25, 0.3) is 0 Å². The molecular formula is C15H22N4. The van der Waals surface area contributed by atoms with Crippen molar-refractivity contribution in [1.29, 1.82) is 0 Å². The minimum atomic E-state index is 0.344. The monoisotopic (exact) mass is 258 g/mol. The van der Waals surface area contributed by atoms with Crippen LogP contribution in [0.25, 0.3) is 0 Å². The number of hydrogen-bond acceptors (Lipinski definition) is 3. The minimum Gasteiger partial charge on any atom is -0.303 e. The summed E-state index contributed by atoms with van der Waals surface area (Å²) in [4.78, 5) is 4.33. The average Bonchev–Trinajstić information content (AvgIpc) is 2.89. The highest BCUT2D eigenvalue weighted by Crippen LogP contribution is 2.16. The Morgan fingerprint density at radius 2 is 1.95 bits per heavy atom. The zero-order chi connectivity index (χ0) is 13.7. The first-order chi connectivity index (χ1) is 9.22. The van der Waals surface area contributed by atoms with Gasteiger partial charge in [-0.25, -0.2) is 9.67 Å². The summed E-state index contributed by atoms with van der Waals surface area (Å²) in [7, 11) is 0. The summed E-state index contributed by atoms with van der Waals surface area (Å²) in [5, 5.41) is 7.82. The van der Waals surface area contributed by atoms with Crippen LogP contribution >= 0.6 is 0 Å². The lowest BCUT2D eigenvalue weighted by atomic mass is 10.0. The maximum Gasteiger partial charge on any atom is 0.141 e. The Kier molecular flexibility index (Phi) is 4.68. The van der Waals surface area contributed by atoms with Crippen molar-refractivity contribution in [3.8, 4) is 0 Å². The standard InChI is InChI=1S/C15H22N4/c1-4-14(13-8-6-5-7-9-13)16-10-15-17-11-18-19(15)12(2)3/h5-9,11-12,14,16H,4,10H2,1-3H3. The van der Waals surface area contributed by atoms with Gasteiger partial charge in [0.05, 0.1) is 6.54 Å². The SMILES string of the molecule is CCC(NCc1ncnn1C(C)C)c1ccccc1. The van der Waals surface area contributed by atoms with Crippen LogP contribution < -0.4 is 5.32 Å². The van der Waals surface area contributed by atoms with Crippen LogP contribution in [0.4, 0.5) is 0 Å². The molecule has 0 fully saturated rings. The molecule has 1 aromatic carbocycles. The first-order valence-corrected chi connectivity index (χ1v) is 6.89. The number of benzene rings is 1. The summed E-state index contributed by atoms with van der Waals surface area (Å²) in [5.41, 5.74) is 1.32. The quantitative estimate of drug-likeness (QED) is 0.865. The molecule has 0 amide bonds. The second-order valence-corrected chi connectivity index (χ2v) is 4.97. The highest BCUT2D eigenvalue weighted by Gasteiger charge is 2.11. The molecule has 1 atom stereocenters. The summed E-state index contributed by atoms with van der Waals surface area (Å²) in [6, 6.07) is 11.2. The second kappa shape index (κ2) is 6.48. The fourth-order valence-corrected chi connectivity index (χ4v) is 2.23. The van der Waals surface area contributed by atoms with Gasteiger partial charge < -0.3 is 5.32 Å². The Bertz CT molecular complexity index is 490. The minimum absolute atomic E-state index is 0.344. The van der Waals surface area contributed by atoms with E-state index >= 15 is 0 Å². The number of rotatable bonds is 6. The summed E-state index contributed by atoms with van der Waals surface area (Å²) in [6.07, 6.45) is 2.68. The lowest BCUT2D eigenvalue weighted by Crippen LogP contribution is -2.23. The smallest absolute Gasteiger partial charge is 0.141 e. The van der Waals surface area contributed by atoms with Crippen molar-refractivity contribution in [3.63, 3.8) is 0 Å². The van der Waals surface area contributed by atoms with E-state index in [2.05, 4.69) is 60.4 Å². The van der Waals surface area contributed by atoms with Crippen molar-refractivity contribution in [2.75, 3.05) is 0 Å². The molecule has 0 bridgehead atoms. The number of hydrogen-bond donors (Lipinski definition) is 1. The number of nitrogens with zero attached hydrogens (tertiary/aromatic N) is 3. The third-order valence-electron chi connectivity index (χ3n) is 3.25. The number of nitrogens with one attached hydrogen (secondary N) is 1. The molecule has 0 saturated carbocycles. The van der Waals surface area contributed by atoms with Crippen molar-refractivity contribution in [3.05, 3.63) is 48.0 Å². The Hall–Kier alpha value is -1.68. The molecule has 19 heavy (non-hydrogen) atoms. The fourth-order valence-electron chi connectivity index (χ4n) is 2.23. The van der Waals surface area contributed by atoms with E-state index in [1.807, 2.05) is 10.7 Å². The predicted molar refractivity (Wildman–Crippen MR) is 76.7 cm³/mol. The van der Waals surface area contributed by atoms with Gasteiger partial charge in [-0.3, -0.25) is 0 Å². The van der Waals surface area contributed by atoms with Gasteiger partial charge in [-0.05, 0) is 25.8 Å². The molecule has 0 aliphatic rings. The molecule has 0 aliphatic heterocycles. The van der Waals surface area contributed by atoms with Crippen LogP contribution in [0.15, 0.2) is 36.7 Å². The Balaban J connectivity index is 2.02. The Labute approximate surface area is 114 Å². The lowest BCUT2D eigenvalue weighted by Gasteiger charge is -2.18. The van der Waals surface area contributed by atoms with E-state index in [4.69, 9.17) is 0 Å². The summed E-state index contributed by atoms with van der Waals surface area (Å²) in [6.45, 7) is 7.17. The summed E-state index contributed by atoms with van der Waals surface area (Å²) >= 11 is 0. The fraction of sp³-hybridized carbons (Fsp3) is 0.467. The van der Waals surface area contributed by atoms with Crippen molar-refractivity contribution < 1.29 is 0 Å². The summed E-state index contributed by atoms with van der Waals surface area (Å²) in [5.74, 6) is 0.990. The molecule has 4 nitrogen and oxygen atoms in total. The van der Waals surface area contributed by atoms with E-state index in [0.717, 1.165) is 18.8 Å². The van der Waals surface area contributed by atoms with Gasteiger partial charge in [0.15, 0.2) is 0 Å². The van der Waals surface area contributed by atoms with E-state index in [0.29, 0.717) is 12.1 Å². The van der Waals surface area contributed by atoms with Crippen LogP contribution in [0, 0.1) is 0 Å². The van der Waals surface area contributed by atoms with E-state index < -0.39 is 0 Å². The van der Waals surface area contributed by atoms with Gasteiger partial charge in [0.2, 0.25) is 0 Å².